The van der Waals surface area contributed by atoms with Crippen molar-refractivity contribution in [1.29, 1.82) is 0 Å². The molecule has 12 heteroatoms. The highest BCUT2D eigenvalue weighted by molar-refractivity contribution is 7.33. The molecule has 0 aromatic carbocycles. The van der Waals surface area contributed by atoms with Gasteiger partial charge in [0.15, 0.2) is 0 Å². The van der Waals surface area contributed by atoms with E-state index in [0.717, 1.165) is 77.5 Å². The molecule has 0 aliphatic carbocycles. The van der Waals surface area contributed by atoms with E-state index in [9.17, 15) is 14.2 Å². The number of hydrogen-bond donors (Lipinski definition) is 2. The maximum absolute atomic E-state index is 13.1. The third-order valence-corrected chi connectivity index (χ3v) is 9.96. The van der Waals surface area contributed by atoms with Crippen LogP contribution in [0.3, 0.4) is 0 Å². The van der Waals surface area contributed by atoms with Crippen molar-refractivity contribution in [2.45, 2.75) is 155 Å². The molecule has 0 unspecified atom stereocenters. The fraction of sp³-hybridized carbons (Fsp3) is 0.938. The summed E-state index contributed by atoms with van der Waals surface area (Å²) in [5.41, 5.74) is -1.54. The van der Waals surface area contributed by atoms with Gasteiger partial charge in [-0.05, 0) is 92.9 Å². The van der Waals surface area contributed by atoms with Crippen molar-refractivity contribution in [3.63, 3.8) is 0 Å². The van der Waals surface area contributed by atoms with E-state index in [0.29, 0.717) is 13.2 Å². The van der Waals surface area contributed by atoms with Crippen LogP contribution in [0.15, 0.2) is 0 Å². The Labute approximate surface area is 267 Å². The van der Waals surface area contributed by atoms with Gasteiger partial charge >= 0.3 is 20.4 Å². The Morgan fingerprint density at radius 1 is 0.636 bits per heavy atom. The van der Waals surface area contributed by atoms with Crippen LogP contribution in [0.5, 0.6) is 0 Å². The van der Waals surface area contributed by atoms with Crippen LogP contribution >= 0.6 is 8.25 Å². The molecule has 2 saturated heterocycles. The second kappa shape index (κ2) is 16.9. The van der Waals surface area contributed by atoms with E-state index in [1.807, 2.05) is 41.5 Å². The molecule has 2 rings (SSSR count). The molecule has 0 aromatic rings. The van der Waals surface area contributed by atoms with Crippen LogP contribution in [0.1, 0.15) is 121 Å². The number of carbonyl (C=O) groups excluding carboxylic acids is 2. The summed E-state index contributed by atoms with van der Waals surface area (Å²) in [4.78, 5) is 29.3. The van der Waals surface area contributed by atoms with Gasteiger partial charge in [-0.1, -0.05) is 27.7 Å². The summed E-state index contributed by atoms with van der Waals surface area (Å²) < 4.78 is 35.8. The Morgan fingerprint density at radius 2 is 0.932 bits per heavy atom. The number of rotatable bonds is 14. The first kappa shape index (κ1) is 38.7. The molecule has 0 bridgehead atoms. The molecule has 2 amide bonds. The van der Waals surface area contributed by atoms with Crippen molar-refractivity contribution in [3.8, 4) is 0 Å². The molecule has 2 aliphatic rings. The molecule has 0 saturated carbocycles. The third kappa shape index (κ3) is 12.0. The van der Waals surface area contributed by atoms with E-state index in [1.54, 1.807) is 0 Å². The van der Waals surface area contributed by atoms with E-state index >= 15 is 0 Å². The van der Waals surface area contributed by atoms with Gasteiger partial charge in [0.1, 0.15) is 24.4 Å². The zero-order valence-corrected chi connectivity index (χ0v) is 30.1. The van der Waals surface area contributed by atoms with Gasteiger partial charge in [0, 0.05) is 53.9 Å². The van der Waals surface area contributed by atoms with Gasteiger partial charge in [0.05, 0.1) is 0 Å². The lowest BCUT2D eigenvalue weighted by molar-refractivity contribution is -0.00667. The SMILES string of the molecule is CCC(CC)(CO[P+](=O)OCC(CC)(CC)N1CCC(NC(=O)OC(C)(C)C)CC1)N1CCC(NC(=O)OC(C)(C)C)CC1. The van der Waals surface area contributed by atoms with E-state index in [1.165, 1.54) is 0 Å². The fourth-order valence-corrected chi connectivity index (χ4v) is 7.08. The Morgan fingerprint density at radius 3 is 1.18 bits per heavy atom. The highest BCUT2D eigenvalue weighted by atomic mass is 31.1. The van der Waals surface area contributed by atoms with Crippen LogP contribution in [0.25, 0.3) is 0 Å². The Kier molecular flexibility index (Phi) is 14.8. The molecular weight excluding hydrogens is 583 g/mol. The van der Waals surface area contributed by atoms with Crippen LogP contribution in [0.4, 0.5) is 9.59 Å². The third-order valence-electron chi connectivity index (χ3n) is 9.28. The summed E-state index contributed by atoms with van der Waals surface area (Å²) in [5, 5.41) is 6.01. The van der Waals surface area contributed by atoms with Crippen molar-refractivity contribution in [1.82, 2.24) is 20.4 Å². The van der Waals surface area contributed by atoms with Crippen molar-refractivity contribution in [3.05, 3.63) is 0 Å². The highest BCUT2D eigenvalue weighted by Crippen LogP contribution is 2.36. The minimum Gasteiger partial charge on any atom is -0.444 e. The Hall–Kier alpha value is -1.52. The molecule has 2 fully saturated rings. The van der Waals surface area contributed by atoms with E-state index in [2.05, 4.69) is 48.1 Å². The largest absolute Gasteiger partial charge is 0.697 e. The van der Waals surface area contributed by atoms with Crippen LogP contribution in [-0.4, -0.2) is 95.7 Å². The number of ether oxygens (including phenoxy) is 2. The average Bonchev–Trinajstić information content (AvgIpc) is 2.94. The number of alkyl carbamates (subject to hydrolysis) is 2. The Bertz CT molecular complexity index is 841. The van der Waals surface area contributed by atoms with Crippen LogP contribution < -0.4 is 10.6 Å². The second-order valence-corrected chi connectivity index (χ2v) is 15.4. The molecule has 2 N–H and O–H groups in total. The molecule has 44 heavy (non-hydrogen) atoms. The average molecular weight is 646 g/mol. The number of nitrogens with zero attached hydrogens (tertiary/aromatic N) is 2. The van der Waals surface area contributed by atoms with Crippen molar-refractivity contribution in [2.75, 3.05) is 39.4 Å². The lowest BCUT2D eigenvalue weighted by Crippen LogP contribution is -2.57. The predicted octanol–water partition coefficient (Wildman–Crippen LogP) is 6.77. The quantitative estimate of drug-likeness (QED) is 0.197. The molecule has 11 nitrogen and oxygen atoms in total. The molecule has 0 radical (unpaired) electrons. The second-order valence-electron chi connectivity index (χ2n) is 14.4. The number of piperidine rings is 2. The summed E-state index contributed by atoms with van der Waals surface area (Å²) in [6.07, 6.45) is 5.98. The van der Waals surface area contributed by atoms with E-state index in [4.69, 9.17) is 18.5 Å². The molecule has 2 heterocycles. The molecule has 0 aromatic heterocycles. The summed E-state index contributed by atoms with van der Waals surface area (Å²) in [6, 6.07) is 0.144. The van der Waals surface area contributed by atoms with Gasteiger partial charge in [-0.3, -0.25) is 9.80 Å². The minimum absolute atomic E-state index is 0.0720. The van der Waals surface area contributed by atoms with Gasteiger partial charge in [0.2, 0.25) is 0 Å². The number of likely N-dealkylation sites (tertiary alicyclic amines) is 2. The topological polar surface area (TPSA) is 119 Å². The lowest BCUT2D eigenvalue weighted by Gasteiger charge is -2.45. The maximum Gasteiger partial charge on any atom is 0.697 e. The fourth-order valence-electron chi connectivity index (χ4n) is 6.31. The highest BCUT2D eigenvalue weighted by Gasteiger charge is 2.43. The van der Waals surface area contributed by atoms with Gasteiger partial charge in [-0.2, -0.15) is 0 Å². The first-order valence-corrected chi connectivity index (χ1v) is 17.8. The van der Waals surface area contributed by atoms with Gasteiger partial charge in [-0.25, -0.2) is 9.59 Å². The molecule has 256 valence electrons. The van der Waals surface area contributed by atoms with Crippen LogP contribution in [0.2, 0.25) is 0 Å². The zero-order valence-electron chi connectivity index (χ0n) is 29.3. The summed E-state index contributed by atoms with van der Waals surface area (Å²) >= 11 is 0. The van der Waals surface area contributed by atoms with Crippen molar-refractivity contribution < 1.29 is 32.7 Å². The van der Waals surface area contributed by atoms with Crippen LogP contribution in [0, 0.1) is 0 Å². The maximum atomic E-state index is 13.1. The van der Waals surface area contributed by atoms with Crippen molar-refractivity contribution in [2.24, 2.45) is 0 Å². The molecule has 2 aliphatic heterocycles. The normalized spacial score (nSPS) is 18.6. The summed E-state index contributed by atoms with van der Waals surface area (Å²) in [7, 11) is -2.29. The smallest absolute Gasteiger partial charge is 0.444 e. The standard InChI is InChI=1S/C32H61N4O7P/c1-11-31(12-2,35-19-15-25(16-20-35)33-27(37)42-29(5,6)7)23-40-44(39)41-24-32(13-3,14-4)36-21-17-26(18-22-36)34-28(38)43-30(8,9)10/h25-26H,11-24H2,1-10H3,(H-,33,34,37,38)/p+1. The molecule has 0 spiro atoms. The van der Waals surface area contributed by atoms with Gasteiger partial charge < -0.3 is 20.1 Å². The van der Waals surface area contributed by atoms with Gasteiger partial charge in [0.25, 0.3) is 0 Å². The minimum atomic E-state index is -2.29. The molecular formula is C32H62N4O7P+. The monoisotopic (exact) mass is 645 g/mol. The number of nitrogens with one attached hydrogen (secondary N) is 2. The van der Waals surface area contributed by atoms with Crippen LogP contribution in [-0.2, 0) is 23.1 Å². The van der Waals surface area contributed by atoms with Gasteiger partial charge in [-0.15, -0.1) is 9.05 Å². The summed E-state index contributed by atoms with van der Waals surface area (Å²) in [6.45, 7) is 23.7. The Balaban J connectivity index is 1.87. The first-order valence-electron chi connectivity index (χ1n) is 16.7. The van der Waals surface area contributed by atoms with E-state index < -0.39 is 19.5 Å². The number of hydrogen-bond acceptors (Lipinski definition) is 9. The number of amides is 2. The number of carbonyl (C=O) groups is 2. The predicted molar refractivity (Wildman–Crippen MR) is 174 cm³/mol. The van der Waals surface area contributed by atoms with E-state index in [-0.39, 0.29) is 35.3 Å². The molecule has 0 atom stereocenters. The lowest BCUT2D eigenvalue weighted by atomic mass is 9.88. The zero-order chi connectivity index (χ0) is 33.2. The van der Waals surface area contributed by atoms with Crippen molar-refractivity contribution >= 4 is 20.4 Å². The summed E-state index contributed by atoms with van der Waals surface area (Å²) in [5.74, 6) is 0. The first-order chi connectivity index (χ1) is 20.5.